The van der Waals surface area contributed by atoms with Crippen molar-refractivity contribution < 1.29 is 26.4 Å². The predicted molar refractivity (Wildman–Crippen MR) is 188 cm³/mol. The topological polar surface area (TPSA) is 58.2 Å². The SMILES string of the molecule is C=[C-]C=C.CC(C)(C)C1=C/C(=C/N[C@@H]2CCCC[C@H]2N/C=C2/C=C(C(C)(C)C)C=C(C(C)(C)C)C2=O)C(=O)C(C(C)(C)C)=C1.[Co]. The van der Waals surface area contributed by atoms with Gasteiger partial charge in [-0.1, -0.05) is 108 Å². The maximum Gasteiger partial charge on any atom is 0.191 e. The second-order valence-corrected chi connectivity index (χ2v) is 16.4. The van der Waals surface area contributed by atoms with Gasteiger partial charge in [-0.2, -0.15) is 6.58 Å². The molecule has 45 heavy (non-hydrogen) atoms. The predicted octanol–water partition coefficient (Wildman–Crippen LogP) is 9.46. The monoisotopic (exact) mass is 658 g/mol. The number of ketones is 2. The number of rotatable bonds is 5. The molecule has 1 fully saturated rings. The van der Waals surface area contributed by atoms with Crippen LogP contribution in [0.2, 0.25) is 0 Å². The fourth-order valence-electron chi connectivity index (χ4n) is 5.42. The number of nitrogens with one attached hydrogen (secondary N) is 2. The first-order valence-corrected chi connectivity index (χ1v) is 16.2. The maximum absolute atomic E-state index is 13.5. The first kappa shape index (κ1) is 40.4. The van der Waals surface area contributed by atoms with Crippen LogP contribution >= 0.6 is 0 Å². The maximum atomic E-state index is 13.5. The molecule has 3 aliphatic rings. The molecule has 0 saturated heterocycles. The van der Waals surface area contributed by atoms with E-state index in [9.17, 15) is 9.59 Å². The molecule has 0 aromatic rings. The molecule has 0 aromatic carbocycles. The van der Waals surface area contributed by atoms with Gasteiger partial charge in [0.1, 0.15) is 0 Å². The van der Waals surface area contributed by atoms with Crippen LogP contribution in [0.1, 0.15) is 109 Å². The van der Waals surface area contributed by atoms with Gasteiger partial charge in [0, 0.05) is 63.6 Å². The Labute approximate surface area is 285 Å². The summed E-state index contributed by atoms with van der Waals surface area (Å²) in [7, 11) is 0. The average Bonchev–Trinajstić information content (AvgIpc) is 2.89. The van der Waals surface area contributed by atoms with Gasteiger partial charge in [-0.05, 0) is 57.8 Å². The minimum absolute atomic E-state index is 0. The summed E-state index contributed by atoms with van der Waals surface area (Å²) in [6.07, 6.45) is 20.4. The minimum atomic E-state index is -0.228. The molecule has 5 heteroatoms. The molecule has 3 aliphatic carbocycles. The van der Waals surface area contributed by atoms with E-state index >= 15 is 0 Å². The quantitative estimate of drug-likeness (QED) is 0.176. The number of hydrogen-bond donors (Lipinski definition) is 2. The third kappa shape index (κ3) is 11.3. The second-order valence-electron chi connectivity index (χ2n) is 16.4. The summed E-state index contributed by atoms with van der Waals surface area (Å²) in [5, 5.41) is 7.25. The van der Waals surface area contributed by atoms with Crippen molar-refractivity contribution in [1.29, 1.82) is 0 Å². The van der Waals surface area contributed by atoms with Crippen LogP contribution < -0.4 is 10.6 Å². The Morgan fingerprint density at radius 1 is 0.644 bits per heavy atom. The Hall–Kier alpha value is -2.63. The molecule has 2 N–H and O–H groups in total. The summed E-state index contributed by atoms with van der Waals surface area (Å²) in [5.74, 6) is 0.203. The molecule has 0 amide bonds. The normalized spacial score (nSPS) is 23.0. The van der Waals surface area contributed by atoms with Gasteiger partial charge in [0.05, 0.1) is 0 Å². The molecule has 1 saturated carbocycles. The summed E-state index contributed by atoms with van der Waals surface area (Å²) in [6.45, 7) is 32.3. The fourth-order valence-corrected chi connectivity index (χ4v) is 5.42. The minimum Gasteiger partial charge on any atom is -0.386 e. The molecule has 0 spiro atoms. The van der Waals surface area contributed by atoms with Crippen LogP contribution in [0.15, 0.2) is 89.4 Å². The van der Waals surface area contributed by atoms with Crippen molar-refractivity contribution in [2.45, 2.75) is 121 Å². The molecule has 1 radical (unpaired) electrons. The van der Waals surface area contributed by atoms with Crippen molar-refractivity contribution in [3.05, 3.63) is 95.5 Å². The van der Waals surface area contributed by atoms with E-state index in [0.29, 0.717) is 0 Å². The molecule has 4 nitrogen and oxygen atoms in total. The van der Waals surface area contributed by atoms with Gasteiger partial charge >= 0.3 is 0 Å². The van der Waals surface area contributed by atoms with Crippen molar-refractivity contribution in [2.75, 3.05) is 0 Å². The Morgan fingerprint density at radius 3 is 1.20 bits per heavy atom. The largest absolute Gasteiger partial charge is 0.386 e. The van der Waals surface area contributed by atoms with Crippen LogP contribution in [-0.2, 0) is 26.4 Å². The molecule has 3 rings (SSSR count). The number of carbonyl (C=O) groups excluding carboxylic acids is 2. The fraction of sp³-hybridized carbons (Fsp3) is 0.550. The standard InChI is InChI=1S/C36H54N2O2.C4H5.Co/c1-33(2,3)25-17-23(31(39)27(19-25)35(7,8)9)21-37-29-15-13-14-16-30(29)38-22-24-18-26(34(4,5)6)20-28(32(24)40)36(10,11)12;1-3-4-2;/h17-22,29-30,37-38H,13-16H2,1-12H3;3H,1-2H2;/q;-1;/b23-21-,24-22-;;/t29-,30-;;/m1../s1. The van der Waals surface area contributed by atoms with Crippen LogP contribution in [0.25, 0.3) is 0 Å². The van der Waals surface area contributed by atoms with E-state index in [4.69, 9.17) is 0 Å². The van der Waals surface area contributed by atoms with E-state index in [1.54, 1.807) is 0 Å². The van der Waals surface area contributed by atoms with E-state index in [-0.39, 0.29) is 62.1 Å². The Bertz CT molecular complexity index is 1200. The number of carbonyl (C=O) groups is 2. The van der Waals surface area contributed by atoms with E-state index in [1.165, 1.54) is 17.2 Å². The van der Waals surface area contributed by atoms with E-state index in [1.807, 2.05) is 12.4 Å². The molecular formula is C40H59CoN2O2-. The van der Waals surface area contributed by atoms with Crippen molar-refractivity contribution in [3.63, 3.8) is 0 Å². The van der Waals surface area contributed by atoms with Crippen molar-refractivity contribution in [1.82, 2.24) is 10.6 Å². The molecular weight excluding hydrogens is 599 g/mol. The summed E-state index contributed by atoms with van der Waals surface area (Å²) in [4.78, 5) is 27.0. The van der Waals surface area contributed by atoms with E-state index in [2.05, 4.69) is 137 Å². The van der Waals surface area contributed by atoms with E-state index < -0.39 is 0 Å². The average molecular weight is 659 g/mol. The Morgan fingerprint density at radius 2 is 0.956 bits per heavy atom. The first-order valence-electron chi connectivity index (χ1n) is 16.2. The zero-order chi connectivity index (χ0) is 33.7. The first-order chi connectivity index (χ1) is 20.1. The molecule has 0 heterocycles. The van der Waals surface area contributed by atoms with Crippen molar-refractivity contribution >= 4 is 11.6 Å². The van der Waals surface area contributed by atoms with E-state index in [0.717, 1.165) is 48.0 Å². The Balaban J connectivity index is 0.00000191. The summed E-state index contributed by atoms with van der Waals surface area (Å²) in [6, 6.07) is 0.340. The number of hydrogen-bond acceptors (Lipinski definition) is 4. The molecule has 0 aromatic heterocycles. The molecule has 0 aliphatic heterocycles. The van der Waals surface area contributed by atoms with Gasteiger partial charge in [-0.15, -0.1) is 0 Å². The zero-order valence-electron chi connectivity index (χ0n) is 30.1. The summed E-state index contributed by atoms with van der Waals surface area (Å²) in [5.41, 5.74) is 4.95. The van der Waals surface area contributed by atoms with Gasteiger partial charge in [0.25, 0.3) is 0 Å². The Kier molecular flexibility index (Phi) is 14.2. The van der Waals surface area contributed by atoms with Crippen LogP contribution in [0.4, 0.5) is 0 Å². The smallest absolute Gasteiger partial charge is 0.191 e. The second kappa shape index (κ2) is 15.8. The van der Waals surface area contributed by atoms with Crippen LogP contribution in [0.5, 0.6) is 0 Å². The van der Waals surface area contributed by atoms with Crippen molar-refractivity contribution in [3.8, 4) is 0 Å². The number of Topliss-reactive ketones (excluding diaryl/α,β-unsaturated/α-hetero) is 2. The molecule has 251 valence electrons. The summed E-state index contributed by atoms with van der Waals surface area (Å²) >= 11 is 0. The third-order valence-electron chi connectivity index (χ3n) is 8.40. The molecule has 0 bridgehead atoms. The van der Waals surface area contributed by atoms with Gasteiger partial charge in [0.15, 0.2) is 11.6 Å². The number of allylic oxidation sites excluding steroid dienone is 12. The molecule has 0 unspecified atom stereocenters. The van der Waals surface area contributed by atoms with Gasteiger partial charge in [-0.3, -0.25) is 15.7 Å². The van der Waals surface area contributed by atoms with Crippen LogP contribution in [-0.4, -0.2) is 23.7 Å². The van der Waals surface area contributed by atoms with Gasteiger partial charge < -0.3 is 10.6 Å². The molecule has 2 atom stereocenters. The third-order valence-corrected chi connectivity index (χ3v) is 8.40. The zero-order valence-corrected chi connectivity index (χ0v) is 31.1. The van der Waals surface area contributed by atoms with Crippen molar-refractivity contribution in [2.24, 2.45) is 21.7 Å². The van der Waals surface area contributed by atoms with Crippen LogP contribution in [0.3, 0.4) is 0 Å². The van der Waals surface area contributed by atoms with Crippen LogP contribution in [0, 0.1) is 27.7 Å². The summed E-state index contributed by atoms with van der Waals surface area (Å²) < 4.78 is 0. The van der Waals surface area contributed by atoms with Gasteiger partial charge in [0.2, 0.25) is 0 Å². The van der Waals surface area contributed by atoms with Gasteiger partial charge in [-0.25, -0.2) is 12.7 Å².